The van der Waals surface area contributed by atoms with E-state index >= 15 is 0 Å². The first-order valence-electron chi connectivity index (χ1n) is 10.1. The van der Waals surface area contributed by atoms with Crippen LogP contribution in [0.5, 0.6) is 0 Å². The fourth-order valence-electron chi connectivity index (χ4n) is 3.28. The molecule has 0 saturated carbocycles. The van der Waals surface area contributed by atoms with Crippen molar-refractivity contribution in [1.82, 2.24) is 14.7 Å². The summed E-state index contributed by atoms with van der Waals surface area (Å²) in [5.41, 5.74) is 1.61. The number of anilines is 3. The number of allylic oxidation sites excluding steroid dienone is 4. The van der Waals surface area contributed by atoms with Crippen molar-refractivity contribution in [3.8, 4) is 0 Å². The molecular weight excluding hydrogens is 462 g/mol. The molecule has 0 amide bonds. The van der Waals surface area contributed by atoms with Crippen molar-refractivity contribution in [1.29, 1.82) is 0 Å². The molecular formula is C22H23N5O4S2. The van der Waals surface area contributed by atoms with Crippen LogP contribution < -0.4 is 14.9 Å². The minimum Gasteiger partial charge on any atom is -0.464 e. The second-order valence-electron chi connectivity index (χ2n) is 6.90. The lowest BCUT2D eigenvalue weighted by atomic mass is 10.1. The van der Waals surface area contributed by atoms with E-state index in [1.54, 1.807) is 24.3 Å². The molecule has 0 radical (unpaired) electrons. The Morgan fingerprint density at radius 1 is 1.18 bits per heavy atom. The Balaban J connectivity index is 1.70. The Kier molecular flexibility index (Phi) is 7.02. The second-order valence-corrected chi connectivity index (χ2v) is 9.63. The highest BCUT2D eigenvalue weighted by molar-refractivity contribution is 7.98. The van der Waals surface area contributed by atoms with E-state index in [1.807, 2.05) is 23.3 Å². The van der Waals surface area contributed by atoms with Crippen LogP contribution in [-0.4, -0.2) is 31.7 Å². The maximum Gasteiger partial charge on any atom is 0.241 e. The summed E-state index contributed by atoms with van der Waals surface area (Å²) >= 11 is 1.50. The zero-order valence-electron chi connectivity index (χ0n) is 18.1. The SMILES string of the molecule is CNS(=O)(=O)c1ccc(SC)c(Nc2cc(N(C3=CC=CCC3)C3=COC=CO3)ncn2)c1. The molecule has 2 aromatic rings. The van der Waals surface area contributed by atoms with E-state index in [4.69, 9.17) is 9.47 Å². The molecule has 2 N–H and O–H groups in total. The average Bonchev–Trinajstić information content (AvgIpc) is 2.86. The summed E-state index contributed by atoms with van der Waals surface area (Å²) in [6, 6.07) is 6.68. The molecule has 0 atom stereocenters. The molecule has 1 aromatic carbocycles. The summed E-state index contributed by atoms with van der Waals surface area (Å²) in [5.74, 6) is 1.54. The van der Waals surface area contributed by atoms with E-state index in [0.717, 1.165) is 23.4 Å². The highest BCUT2D eigenvalue weighted by atomic mass is 32.2. The van der Waals surface area contributed by atoms with E-state index < -0.39 is 10.0 Å². The van der Waals surface area contributed by atoms with E-state index in [0.29, 0.717) is 23.2 Å². The Morgan fingerprint density at radius 3 is 2.76 bits per heavy atom. The van der Waals surface area contributed by atoms with Gasteiger partial charge in [0.15, 0.2) is 6.26 Å². The van der Waals surface area contributed by atoms with E-state index in [1.165, 1.54) is 43.9 Å². The normalized spacial score (nSPS) is 15.2. The van der Waals surface area contributed by atoms with Gasteiger partial charge in [0.05, 0.1) is 10.6 Å². The lowest BCUT2D eigenvalue weighted by molar-refractivity contribution is 0.250. The Morgan fingerprint density at radius 2 is 2.06 bits per heavy atom. The van der Waals surface area contributed by atoms with Gasteiger partial charge in [-0.25, -0.2) is 23.1 Å². The van der Waals surface area contributed by atoms with Gasteiger partial charge in [-0.15, -0.1) is 11.8 Å². The summed E-state index contributed by atoms with van der Waals surface area (Å²) in [4.78, 5) is 11.7. The van der Waals surface area contributed by atoms with Gasteiger partial charge in [-0.05, 0) is 50.4 Å². The molecule has 11 heteroatoms. The monoisotopic (exact) mass is 485 g/mol. The third-order valence-electron chi connectivity index (χ3n) is 4.89. The third-order valence-corrected chi connectivity index (χ3v) is 7.09. The lowest BCUT2D eigenvalue weighted by Crippen LogP contribution is -2.25. The van der Waals surface area contributed by atoms with Gasteiger partial charge in [0.2, 0.25) is 15.9 Å². The van der Waals surface area contributed by atoms with Crippen molar-refractivity contribution in [2.24, 2.45) is 0 Å². The second kappa shape index (κ2) is 10.1. The molecule has 0 spiro atoms. The fraction of sp³-hybridized carbons (Fsp3) is 0.182. The molecule has 0 saturated heterocycles. The van der Waals surface area contributed by atoms with Gasteiger partial charge < -0.3 is 14.8 Å². The van der Waals surface area contributed by atoms with Gasteiger partial charge in [-0.1, -0.05) is 12.2 Å². The van der Waals surface area contributed by atoms with Crippen LogP contribution in [0.25, 0.3) is 0 Å². The molecule has 2 aliphatic rings. The van der Waals surface area contributed by atoms with Gasteiger partial charge in [-0.3, -0.25) is 4.90 Å². The predicted octanol–water partition coefficient (Wildman–Crippen LogP) is 4.21. The summed E-state index contributed by atoms with van der Waals surface area (Å²) in [6.07, 6.45) is 15.6. The zero-order chi connectivity index (χ0) is 23.3. The van der Waals surface area contributed by atoms with E-state index in [-0.39, 0.29) is 4.90 Å². The number of benzene rings is 1. The largest absolute Gasteiger partial charge is 0.464 e. The van der Waals surface area contributed by atoms with Gasteiger partial charge in [0, 0.05) is 16.7 Å². The first-order valence-corrected chi connectivity index (χ1v) is 12.8. The van der Waals surface area contributed by atoms with E-state index in [2.05, 4.69) is 26.1 Å². The predicted molar refractivity (Wildman–Crippen MR) is 128 cm³/mol. The fourth-order valence-corrected chi connectivity index (χ4v) is 4.57. The van der Waals surface area contributed by atoms with Crippen LogP contribution in [0.15, 0.2) is 89.0 Å². The Labute approximate surface area is 197 Å². The summed E-state index contributed by atoms with van der Waals surface area (Å²) in [6.45, 7) is 0. The number of hydrogen-bond acceptors (Lipinski definition) is 9. The van der Waals surface area contributed by atoms with Crippen molar-refractivity contribution in [2.45, 2.75) is 22.6 Å². The molecule has 2 heterocycles. The van der Waals surface area contributed by atoms with Crippen molar-refractivity contribution >= 4 is 39.1 Å². The highest BCUT2D eigenvalue weighted by Crippen LogP contribution is 2.33. The van der Waals surface area contributed by atoms with Crippen LogP contribution in [0, 0.1) is 0 Å². The maximum absolute atomic E-state index is 12.3. The number of ether oxygens (including phenoxy) is 2. The summed E-state index contributed by atoms with van der Waals surface area (Å²) < 4.78 is 37.9. The standard InChI is InChI=1S/C22H23N5O4S2/c1-23-33(28,29)17-8-9-19(32-2)18(12-17)26-20-13-21(25-15-24-20)27(16-6-4-3-5-7-16)22-14-30-10-11-31-22/h3-4,6,8-15,23H,5,7H2,1-2H3,(H,24,25,26). The minimum absolute atomic E-state index is 0.157. The average molecular weight is 486 g/mol. The number of aromatic nitrogens is 2. The van der Waals surface area contributed by atoms with Gasteiger partial charge in [0.25, 0.3) is 0 Å². The number of sulfonamides is 1. The summed E-state index contributed by atoms with van der Waals surface area (Å²) in [5, 5.41) is 3.23. The molecule has 0 fully saturated rings. The molecule has 0 unspecified atom stereocenters. The molecule has 1 aliphatic heterocycles. The van der Waals surface area contributed by atoms with Crippen LogP contribution in [0.3, 0.4) is 0 Å². The molecule has 9 nitrogen and oxygen atoms in total. The van der Waals surface area contributed by atoms with Gasteiger partial charge in [0.1, 0.15) is 30.5 Å². The number of thioether (sulfide) groups is 1. The number of nitrogens with one attached hydrogen (secondary N) is 2. The minimum atomic E-state index is -3.59. The van der Waals surface area contributed by atoms with E-state index in [9.17, 15) is 8.42 Å². The number of nitrogens with zero attached hydrogens (tertiary/aromatic N) is 3. The number of hydrogen-bond donors (Lipinski definition) is 2. The third kappa shape index (κ3) is 5.21. The Hall–Kier alpha value is -3.28. The van der Waals surface area contributed by atoms with Crippen LogP contribution in [0.4, 0.5) is 17.3 Å². The molecule has 0 bridgehead atoms. The Bertz CT molecular complexity index is 1260. The van der Waals surface area contributed by atoms with Gasteiger partial charge >= 0.3 is 0 Å². The highest BCUT2D eigenvalue weighted by Gasteiger charge is 2.22. The topological polar surface area (TPSA) is 106 Å². The smallest absolute Gasteiger partial charge is 0.241 e. The van der Waals surface area contributed by atoms with Crippen LogP contribution >= 0.6 is 11.8 Å². The number of rotatable bonds is 8. The van der Waals surface area contributed by atoms with Crippen LogP contribution in [0.2, 0.25) is 0 Å². The van der Waals surface area contributed by atoms with Gasteiger partial charge in [-0.2, -0.15) is 0 Å². The summed E-state index contributed by atoms with van der Waals surface area (Å²) in [7, 11) is -2.21. The molecule has 4 rings (SSSR count). The van der Waals surface area contributed by atoms with Crippen molar-refractivity contribution in [2.75, 3.05) is 23.5 Å². The lowest BCUT2D eigenvalue weighted by Gasteiger charge is -2.29. The first kappa shape index (κ1) is 22.9. The van der Waals surface area contributed by atoms with Crippen LogP contribution in [0.1, 0.15) is 12.8 Å². The quantitative estimate of drug-likeness (QED) is 0.532. The van der Waals surface area contributed by atoms with Crippen molar-refractivity contribution < 1.29 is 17.9 Å². The van der Waals surface area contributed by atoms with Crippen LogP contribution in [-0.2, 0) is 19.5 Å². The maximum atomic E-state index is 12.3. The molecule has 1 aromatic heterocycles. The van der Waals surface area contributed by atoms with Crippen molar-refractivity contribution in [3.63, 3.8) is 0 Å². The first-order chi connectivity index (χ1) is 16.0. The molecule has 33 heavy (non-hydrogen) atoms. The zero-order valence-corrected chi connectivity index (χ0v) is 19.7. The van der Waals surface area contributed by atoms with Crippen molar-refractivity contribution in [3.05, 3.63) is 79.2 Å². The molecule has 172 valence electrons. The molecule has 1 aliphatic carbocycles.